The van der Waals surface area contributed by atoms with Gasteiger partial charge in [-0.3, -0.25) is 4.79 Å². The van der Waals surface area contributed by atoms with Gasteiger partial charge in [-0.05, 0) is 55.9 Å². The van der Waals surface area contributed by atoms with E-state index in [1.165, 1.54) is 24.6 Å². The van der Waals surface area contributed by atoms with Crippen molar-refractivity contribution in [3.8, 4) is 0 Å². The number of ketones is 1. The van der Waals surface area contributed by atoms with Crippen LogP contribution in [0, 0.1) is 5.92 Å². The Bertz CT molecular complexity index is 714. The van der Waals surface area contributed by atoms with E-state index >= 15 is 0 Å². The SMILES string of the molecule is CC(=O)COC(=O)c1ccc2[nH]c3c(c2c1)C[C@H](C)CC3. The average Bonchev–Trinajstić information content (AvgIpc) is 2.81. The molecule has 1 N–H and O–H groups in total. The molecule has 1 aromatic carbocycles. The third kappa shape index (κ3) is 2.71. The molecule has 110 valence electrons. The third-order valence-electron chi connectivity index (χ3n) is 4.08. The van der Waals surface area contributed by atoms with Crippen LogP contribution in [0.25, 0.3) is 10.9 Å². The number of H-pyrrole nitrogens is 1. The van der Waals surface area contributed by atoms with Gasteiger partial charge in [0.2, 0.25) is 0 Å². The van der Waals surface area contributed by atoms with E-state index in [0.29, 0.717) is 11.5 Å². The highest BCUT2D eigenvalue weighted by molar-refractivity contribution is 5.97. The summed E-state index contributed by atoms with van der Waals surface area (Å²) in [6.45, 7) is 3.49. The van der Waals surface area contributed by atoms with E-state index in [1.807, 2.05) is 12.1 Å². The first-order valence-electron chi connectivity index (χ1n) is 7.34. The first kappa shape index (κ1) is 13.9. The molecule has 4 nitrogen and oxygen atoms in total. The fraction of sp³-hybridized carbons (Fsp3) is 0.412. The maximum Gasteiger partial charge on any atom is 0.338 e. The number of aryl methyl sites for hydroxylation is 1. The summed E-state index contributed by atoms with van der Waals surface area (Å²) in [5, 5.41) is 1.11. The minimum Gasteiger partial charge on any atom is -0.454 e. The number of rotatable bonds is 3. The van der Waals surface area contributed by atoms with Crippen molar-refractivity contribution < 1.29 is 14.3 Å². The molecular formula is C17H19NO3. The van der Waals surface area contributed by atoms with Crippen LogP contribution in [0.4, 0.5) is 0 Å². The number of aromatic nitrogens is 1. The summed E-state index contributed by atoms with van der Waals surface area (Å²) in [6.07, 6.45) is 3.31. The van der Waals surface area contributed by atoms with Crippen LogP contribution in [0.5, 0.6) is 0 Å². The van der Waals surface area contributed by atoms with Gasteiger partial charge in [0.15, 0.2) is 5.78 Å². The van der Waals surface area contributed by atoms with Crippen LogP contribution in [-0.2, 0) is 22.4 Å². The molecule has 3 rings (SSSR count). The second-order valence-electron chi connectivity index (χ2n) is 5.97. The summed E-state index contributed by atoms with van der Waals surface area (Å²) >= 11 is 0. The van der Waals surface area contributed by atoms with Crippen LogP contribution in [0.3, 0.4) is 0 Å². The summed E-state index contributed by atoms with van der Waals surface area (Å²) in [7, 11) is 0. The van der Waals surface area contributed by atoms with Crippen molar-refractivity contribution in [2.75, 3.05) is 6.61 Å². The molecule has 0 spiro atoms. The van der Waals surface area contributed by atoms with E-state index in [4.69, 9.17) is 4.74 Å². The van der Waals surface area contributed by atoms with E-state index < -0.39 is 5.97 Å². The van der Waals surface area contributed by atoms with Crippen LogP contribution >= 0.6 is 0 Å². The Hall–Kier alpha value is -2.10. The zero-order chi connectivity index (χ0) is 15.0. The van der Waals surface area contributed by atoms with Crippen LogP contribution in [-0.4, -0.2) is 23.3 Å². The summed E-state index contributed by atoms with van der Waals surface area (Å²) in [5.41, 5.74) is 4.18. The number of Topliss-reactive ketones (excluding diaryl/α,β-unsaturated/α-hetero) is 1. The fourth-order valence-corrected chi connectivity index (χ4v) is 2.97. The first-order valence-corrected chi connectivity index (χ1v) is 7.34. The Kier molecular flexibility index (Phi) is 3.53. The molecule has 0 unspecified atom stereocenters. The van der Waals surface area contributed by atoms with E-state index in [0.717, 1.165) is 23.7 Å². The molecule has 1 atom stereocenters. The molecule has 1 aliphatic carbocycles. The third-order valence-corrected chi connectivity index (χ3v) is 4.08. The lowest BCUT2D eigenvalue weighted by Crippen LogP contribution is -2.11. The first-order chi connectivity index (χ1) is 10.0. The molecular weight excluding hydrogens is 266 g/mol. The molecule has 0 saturated carbocycles. The largest absolute Gasteiger partial charge is 0.454 e. The highest BCUT2D eigenvalue weighted by Gasteiger charge is 2.20. The number of carbonyl (C=O) groups excluding carboxylic acids is 2. The maximum atomic E-state index is 12.0. The van der Waals surface area contributed by atoms with E-state index in [-0.39, 0.29) is 12.4 Å². The molecule has 0 radical (unpaired) electrons. The number of benzene rings is 1. The van der Waals surface area contributed by atoms with Gasteiger partial charge in [0, 0.05) is 16.6 Å². The van der Waals surface area contributed by atoms with Gasteiger partial charge >= 0.3 is 5.97 Å². The number of esters is 1. The van der Waals surface area contributed by atoms with Gasteiger partial charge < -0.3 is 9.72 Å². The zero-order valence-corrected chi connectivity index (χ0v) is 12.4. The normalized spacial score (nSPS) is 17.5. The summed E-state index contributed by atoms with van der Waals surface area (Å²) < 4.78 is 4.98. The van der Waals surface area contributed by atoms with Crippen molar-refractivity contribution >= 4 is 22.7 Å². The number of hydrogen-bond acceptors (Lipinski definition) is 3. The average molecular weight is 285 g/mol. The van der Waals surface area contributed by atoms with Crippen LogP contribution < -0.4 is 0 Å². The van der Waals surface area contributed by atoms with Gasteiger partial charge in [-0.25, -0.2) is 4.79 Å². The van der Waals surface area contributed by atoms with Crippen molar-refractivity contribution in [1.29, 1.82) is 0 Å². The lowest BCUT2D eigenvalue weighted by atomic mass is 9.87. The Morgan fingerprint density at radius 3 is 2.95 bits per heavy atom. The molecule has 0 saturated heterocycles. The van der Waals surface area contributed by atoms with Gasteiger partial charge in [0.25, 0.3) is 0 Å². The monoisotopic (exact) mass is 285 g/mol. The second kappa shape index (κ2) is 5.35. The zero-order valence-electron chi connectivity index (χ0n) is 12.4. The molecule has 4 heteroatoms. The van der Waals surface area contributed by atoms with Crippen LogP contribution in [0.1, 0.15) is 41.9 Å². The molecule has 2 aromatic rings. The van der Waals surface area contributed by atoms with Crippen molar-refractivity contribution in [2.45, 2.75) is 33.1 Å². The van der Waals surface area contributed by atoms with Crippen molar-refractivity contribution in [3.05, 3.63) is 35.0 Å². The number of hydrogen-bond donors (Lipinski definition) is 1. The van der Waals surface area contributed by atoms with E-state index in [2.05, 4.69) is 11.9 Å². The maximum absolute atomic E-state index is 12.0. The highest BCUT2D eigenvalue weighted by atomic mass is 16.5. The lowest BCUT2D eigenvalue weighted by Gasteiger charge is -2.18. The summed E-state index contributed by atoms with van der Waals surface area (Å²) in [6, 6.07) is 5.55. The predicted molar refractivity (Wildman–Crippen MR) is 80.5 cm³/mol. The number of fused-ring (bicyclic) bond motifs is 3. The minimum absolute atomic E-state index is 0.155. The Morgan fingerprint density at radius 2 is 2.19 bits per heavy atom. The number of ether oxygens (including phenoxy) is 1. The lowest BCUT2D eigenvalue weighted by molar-refractivity contribution is -0.120. The molecule has 0 aliphatic heterocycles. The van der Waals surface area contributed by atoms with Gasteiger partial charge in [0.1, 0.15) is 6.61 Å². The summed E-state index contributed by atoms with van der Waals surface area (Å²) in [5.74, 6) is 0.0769. The van der Waals surface area contributed by atoms with Crippen LogP contribution in [0.2, 0.25) is 0 Å². The summed E-state index contributed by atoms with van der Waals surface area (Å²) in [4.78, 5) is 26.3. The highest BCUT2D eigenvalue weighted by Crippen LogP contribution is 2.32. The number of aromatic amines is 1. The molecule has 1 aliphatic rings. The predicted octanol–water partition coefficient (Wildman–Crippen LogP) is 3.04. The molecule has 1 heterocycles. The molecule has 1 aromatic heterocycles. The van der Waals surface area contributed by atoms with Gasteiger partial charge in [-0.15, -0.1) is 0 Å². The minimum atomic E-state index is -0.439. The topological polar surface area (TPSA) is 59.2 Å². The van der Waals surface area contributed by atoms with Crippen molar-refractivity contribution in [2.24, 2.45) is 5.92 Å². The van der Waals surface area contributed by atoms with Crippen molar-refractivity contribution in [3.63, 3.8) is 0 Å². The van der Waals surface area contributed by atoms with Gasteiger partial charge in [0.05, 0.1) is 5.56 Å². The smallest absolute Gasteiger partial charge is 0.338 e. The van der Waals surface area contributed by atoms with Crippen molar-refractivity contribution in [1.82, 2.24) is 4.98 Å². The van der Waals surface area contributed by atoms with Gasteiger partial charge in [-0.1, -0.05) is 6.92 Å². The van der Waals surface area contributed by atoms with Crippen LogP contribution in [0.15, 0.2) is 18.2 Å². The number of nitrogens with one attached hydrogen (secondary N) is 1. The molecule has 0 amide bonds. The van der Waals surface area contributed by atoms with E-state index in [9.17, 15) is 9.59 Å². The molecule has 0 bridgehead atoms. The Morgan fingerprint density at radius 1 is 1.38 bits per heavy atom. The molecule has 21 heavy (non-hydrogen) atoms. The Labute approximate surface area is 123 Å². The van der Waals surface area contributed by atoms with E-state index in [1.54, 1.807) is 6.07 Å². The second-order valence-corrected chi connectivity index (χ2v) is 5.97. The standard InChI is InChI=1S/C17H19NO3/c1-10-3-5-15-13(7-10)14-8-12(4-6-16(14)18-15)17(20)21-9-11(2)19/h4,6,8,10,18H,3,5,7,9H2,1-2H3/t10-/m1/s1. The number of carbonyl (C=O) groups is 2. The van der Waals surface area contributed by atoms with Gasteiger partial charge in [-0.2, -0.15) is 0 Å². The Balaban J connectivity index is 1.94. The molecule has 0 fully saturated rings. The fourth-order valence-electron chi connectivity index (χ4n) is 2.97. The quantitative estimate of drug-likeness (QED) is 0.882.